The Balaban J connectivity index is 1.51. The van der Waals surface area contributed by atoms with Crippen LogP contribution in [0.15, 0.2) is 54.6 Å². The van der Waals surface area contributed by atoms with E-state index in [1.54, 1.807) is 0 Å². The van der Waals surface area contributed by atoms with Gasteiger partial charge in [-0.1, -0.05) is 42.5 Å². The highest BCUT2D eigenvalue weighted by molar-refractivity contribution is 5.90. The second-order valence-corrected chi connectivity index (χ2v) is 8.86. The quantitative estimate of drug-likeness (QED) is 0.666. The second kappa shape index (κ2) is 8.30. The summed E-state index contributed by atoms with van der Waals surface area (Å²) in [4.78, 5) is 23.9. The van der Waals surface area contributed by atoms with Crippen LogP contribution in [-0.4, -0.2) is 45.6 Å². The van der Waals surface area contributed by atoms with Gasteiger partial charge >= 0.3 is 6.03 Å². The average Bonchev–Trinajstić information content (AvgIpc) is 2.73. The highest BCUT2D eigenvalue weighted by Crippen LogP contribution is 2.26. The molecule has 6 nitrogen and oxygen atoms in total. The van der Waals surface area contributed by atoms with Crippen molar-refractivity contribution in [1.82, 2.24) is 20.2 Å². The number of fused-ring (bicyclic) bond motifs is 1. The third kappa shape index (κ3) is 4.70. The molecule has 2 heterocycles. The fourth-order valence-corrected chi connectivity index (χ4v) is 3.72. The average molecular weight is 404 g/mol. The highest BCUT2D eigenvalue weighted by atomic mass is 16.2. The Labute approximate surface area is 177 Å². The van der Waals surface area contributed by atoms with Gasteiger partial charge in [0, 0.05) is 35.6 Å². The molecule has 1 aromatic heterocycles. The van der Waals surface area contributed by atoms with Gasteiger partial charge in [0.1, 0.15) is 5.82 Å². The van der Waals surface area contributed by atoms with Gasteiger partial charge in [0.2, 0.25) is 0 Å². The van der Waals surface area contributed by atoms with Crippen LogP contribution in [0.25, 0.3) is 22.3 Å². The van der Waals surface area contributed by atoms with E-state index in [0.29, 0.717) is 0 Å². The van der Waals surface area contributed by atoms with Crippen molar-refractivity contribution in [1.29, 1.82) is 0 Å². The molecule has 0 bridgehead atoms. The number of benzene rings is 2. The van der Waals surface area contributed by atoms with Crippen LogP contribution in [0.5, 0.6) is 0 Å². The van der Waals surface area contributed by atoms with Crippen LogP contribution in [-0.2, 0) is 0 Å². The molecule has 0 atom stereocenters. The van der Waals surface area contributed by atoms with Gasteiger partial charge < -0.3 is 15.5 Å². The lowest BCUT2D eigenvalue weighted by molar-refractivity contribution is 0.175. The minimum atomic E-state index is -0.222. The monoisotopic (exact) mass is 403 g/mol. The van der Waals surface area contributed by atoms with Crippen molar-refractivity contribution in [2.75, 3.05) is 18.4 Å². The zero-order valence-corrected chi connectivity index (χ0v) is 17.9. The molecule has 156 valence electrons. The van der Waals surface area contributed by atoms with Gasteiger partial charge in [-0.2, -0.15) is 0 Å². The van der Waals surface area contributed by atoms with E-state index in [1.165, 1.54) is 0 Å². The van der Waals surface area contributed by atoms with Crippen molar-refractivity contribution in [3.05, 3.63) is 54.6 Å². The van der Waals surface area contributed by atoms with Gasteiger partial charge in [0.15, 0.2) is 5.82 Å². The summed E-state index contributed by atoms with van der Waals surface area (Å²) in [5, 5.41) is 7.70. The Morgan fingerprint density at radius 3 is 2.33 bits per heavy atom. The van der Waals surface area contributed by atoms with Crippen LogP contribution in [0.2, 0.25) is 0 Å². The molecule has 0 radical (unpaired) electrons. The Morgan fingerprint density at radius 2 is 1.63 bits per heavy atom. The fraction of sp³-hybridized carbons (Fsp3) is 0.375. The van der Waals surface area contributed by atoms with Gasteiger partial charge in [-0.25, -0.2) is 14.8 Å². The van der Waals surface area contributed by atoms with Crippen molar-refractivity contribution in [2.45, 2.75) is 45.2 Å². The van der Waals surface area contributed by atoms with Gasteiger partial charge in [-0.15, -0.1) is 0 Å². The molecule has 30 heavy (non-hydrogen) atoms. The molecule has 0 aliphatic carbocycles. The van der Waals surface area contributed by atoms with Gasteiger partial charge in [-0.3, -0.25) is 0 Å². The number of urea groups is 1. The number of likely N-dealkylation sites (tertiary alicyclic amines) is 1. The molecule has 1 fully saturated rings. The fourth-order valence-electron chi connectivity index (χ4n) is 3.72. The molecule has 0 spiro atoms. The molecule has 2 aromatic carbocycles. The number of rotatable bonds is 3. The first kappa shape index (κ1) is 20.1. The maximum absolute atomic E-state index is 12.4. The molecule has 1 aliphatic rings. The van der Waals surface area contributed by atoms with Crippen molar-refractivity contribution in [2.24, 2.45) is 0 Å². The zero-order valence-electron chi connectivity index (χ0n) is 17.9. The Kier molecular flexibility index (Phi) is 5.57. The predicted molar refractivity (Wildman–Crippen MR) is 121 cm³/mol. The van der Waals surface area contributed by atoms with Gasteiger partial charge in [0.25, 0.3) is 0 Å². The zero-order chi connectivity index (χ0) is 21.1. The summed E-state index contributed by atoms with van der Waals surface area (Å²) in [7, 11) is 0. The Hall–Kier alpha value is -3.15. The molecule has 2 N–H and O–H groups in total. The lowest BCUT2D eigenvalue weighted by Gasteiger charge is -2.34. The van der Waals surface area contributed by atoms with Crippen molar-refractivity contribution >= 4 is 22.8 Å². The van der Waals surface area contributed by atoms with Crippen molar-refractivity contribution < 1.29 is 4.79 Å². The van der Waals surface area contributed by atoms with Crippen LogP contribution in [0.3, 0.4) is 0 Å². The lowest BCUT2D eigenvalue weighted by Crippen LogP contribution is -2.51. The number of amides is 2. The molecular formula is C24H29N5O. The number of hydrogen-bond donors (Lipinski definition) is 2. The minimum absolute atomic E-state index is 0.0137. The van der Waals surface area contributed by atoms with Crippen LogP contribution >= 0.6 is 0 Å². The van der Waals surface area contributed by atoms with E-state index >= 15 is 0 Å². The summed E-state index contributed by atoms with van der Waals surface area (Å²) >= 11 is 0. The smallest absolute Gasteiger partial charge is 0.317 e. The number of nitrogens with one attached hydrogen (secondary N) is 2. The third-order valence-corrected chi connectivity index (χ3v) is 5.24. The predicted octanol–water partition coefficient (Wildman–Crippen LogP) is 4.68. The maximum Gasteiger partial charge on any atom is 0.317 e. The maximum atomic E-state index is 12.4. The lowest BCUT2D eigenvalue weighted by atomic mass is 10.0. The summed E-state index contributed by atoms with van der Waals surface area (Å²) in [5.74, 6) is 1.58. The molecule has 0 unspecified atom stereocenters. The largest absolute Gasteiger partial charge is 0.367 e. The molecule has 3 aromatic rings. The van der Waals surface area contributed by atoms with E-state index in [9.17, 15) is 4.79 Å². The summed E-state index contributed by atoms with van der Waals surface area (Å²) in [6.45, 7) is 7.47. The number of carbonyl (C=O) groups is 1. The van der Waals surface area contributed by atoms with Crippen LogP contribution in [0, 0.1) is 0 Å². The van der Waals surface area contributed by atoms with Gasteiger partial charge in [0.05, 0.1) is 5.52 Å². The molecule has 1 saturated heterocycles. The minimum Gasteiger partial charge on any atom is -0.367 e. The third-order valence-electron chi connectivity index (χ3n) is 5.24. The molecule has 0 saturated carbocycles. The van der Waals surface area contributed by atoms with E-state index in [0.717, 1.165) is 54.0 Å². The summed E-state index contributed by atoms with van der Waals surface area (Å²) < 4.78 is 0. The van der Waals surface area contributed by atoms with Gasteiger partial charge in [-0.05, 0) is 45.7 Å². The molecular weight excluding hydrogens is 374 g/mol. The number of nitrogens with zero attached hydrogens (tertiary/aromatic N) is 3. The summed E-state index contributed by atoms with van der Waals surface area (Å²) in [6, 6.07) is 18.4. The molecule has 6 heteroatoms. The first-order valence-corrected chi connectivity index (χ1v) is 10.5. The van der Waals surface area contributed by atoms with E-state index in [1.807, 2.05) is 74.2 Å². The Bertz CT molecular complexity index is 1020. The topological polar surface area (TPSA) is 70.2 Å². The number of anilines is 1. The second-order valence-electron chi connectivity index (χ2n) is 8.86. The number of carbonyl (C=O) groups excluding carboxylic acids is 1. The number of hydrogen-bond acceptors (Lipinski definition) is 4. The number of para-hydroxylation sites is 1. The summed E-state index contributed by atoms with van der Waals surface area (Å²) in [5.41, 5.74) is 1.70. The normalized spacial score (nSPS) is 15.2. The first-order chi connectivity index (χ1) is 14.4. The standard InChI is InChI=1S/C24H29N5O/c1-24(2,3)28-23(30)29-15-13-18(14-16-29)25-22-19-11-7-8-12-20(19)26-21(27-22)17-9-5-4-6-10-17/h4-12,18H,13-16H2,1-3H3,(H,28,30)(H,25,26,27). The summed E-state index contributed by atoms with van der Waals surface area (Å²) in [6.07, 6.45) is 1.77. The van der Waals surface area contributed by atoms with Crippen LogP contribution in [0.1, 0.15) is 33.6 Å². The highest BCUT2D eigenvalue weighted by Gasteiger charge is 2.25. The van der Waals surface area contributed by atoms with Crippen molar-refractivity contribution in [3.63, 3.8) is 0 Å². The van der Waals surface area contributed by atoms with Crippen LogP contribution < -0.4 is 10.6 Å². The van der Waals surface area contributed by atoms with E-state index in [2.05, 4.69) is 16.7 Å². The van der Waals surface area contributed by atoms with Crippen molar-refractivity contribution in [3.8, 4) is 11.4 Å². The number of piperidine rings is 1. The first-order valence-electron chi connectivity index (χ1n) is 10.5. The van der Waals surface area contributed by atoms with Crippen LogP contribution in [0.4, 0.5) is 10.6 Å². The van der Waals surface area contributed by atoms with E-state index in [-0.39, 0.29) is 17.6 Å². The molecule has 4 rings (SSSR count). The van der Waals surface area contributed by atoms with E-state index < -0.39 is 0 Å². The molecule has 2 amide bonds. The Morgan fingerprint density at radius 1 is 0.967 bits per heavy atom. The SMILES string of the molecule is CC(C)(C)NC(=O)N1CCC(Nc2nc(-c3ccccc3)nc3ccccc23)CC1. The number of aromatic nitrogens is 2. The van der Waals surface area contributed by atoms with E-state index in [4.69, 9.17) is 9.97 Å². The molecule has 1 aliphatic heterocycles.